The van der Waals surface area contributed by atoms with Crippen LogP contribution in [-0.4, -0.2) is 24.6 Å². The molecule has 0 bridgehead atoms. The van der Waals surface area contributed by atoms with Crippen molar-refractivity contribution in [1.29, 1.82) is 0 Å². The number of nitrogens with two attached hydrogens (primary N) is 1. The molecule has 0 saturated heterocycles. The number of benzene rings is 1. The standard InChI is InChI=1S/C14H18Cl2N2O2.ClH/c15-9-5-10(16)7-13(6-9)20-8-14(19)18-12-3-1-11(17)2-4-12;/h5-7,11-12H,1-4,8,17H2,(H,18,19);1H. The van der Waals surface area contributed by atoms with Crippen molar-refractivity contribution in [3.63, 3.8) is 0 Å². The van der Waals surface area contributed by atoms with E-state index >= 15 is 0 Å². The van der Waals surface area contributed by atoms with Crippen molar-refractivity contribution in [2.75, 3.05) is 6.61 Å². The minimum Gasteiger partial charge on any atom is -0.484 e. The molecule has 1 amide bonds. The van der Waals surface area contributed by atoms with Crippen LogP contribution in [0, 0.1) is 0 Å². The van der Waals surface area contributed by atoms with Crippen LogP contribution in [0.1, 0.15) is 25.7 Å². The third kappa shape index (κ3) is 6.30. The Morgan fingerprint density at radius 3 is 2.33 bits per heavy atom. The zero-order chi connectivity index (χ0) is 14.5. The van der Waals surface area contributed by atoms with Crippen molar-refractivity contribution in [3.8, 4) is 5.75 Å². The van der Waals surface area contributed by atoms with Gasteiger partial charge >= 0.3 is 0 Å². The first-order valence-electron chi connectivity index (χ1n) is 6.67. The van der Waals surface area contributed by atoms with Gasteiger partial charge in [0.05, 0.1) is 0 Å². The van der Waals surface area contributed by atoms with E-state index in [1.54, 1.807) is 18.2 Å². The number of halogens is 3. The van der Waals surface area contributed by atoms with Gasteiger partial charge in [0, 0.05) is 22.1 Å². The SMILES string of the molecule is Cl.NC1CCC(NC(=O)COc2cc(Cl)cc(Cl)c2)CC1. The minimum absolute atomic E-state index is 0. The Morgan fingerprint density at radius 2 is 1.76 bits per heavy atom. The summed E-state index contributed by atoms with van der Waals surface area (Å²) in [5, 5.41) is 3.91. The molecule has 1 aliphatic rings. The van der Waals surface area contributed by atoms with Gasteiger partial charge in [-0.15, -0.1) is 12.4 Å². The van der Waals surface area contributed by atoms with Crippen molar-refractivity contribution in [2.24, 2.45) is 5.73 Å². The van der Waals surface area contributed by atoms with Gasteiger partial charge in [0.15, 0.2) is 6.61 Å². The van der Waals surface area contributed by atoms with Gasteiger partial charge in [0.25, 0.3) is 5.91 Å². The average Bonchev–Trinajstić information content (AvgIpc) is 2.38. The summed E-state index contributed by atoms with van der Waals surface area (Å²) in [6, 6.07) is 5.34. The van der Waals surface area contributed by atoms with Crippen LogP contribution in [0.25, 0.3) is 0 Å². The van der Waals surface area contributed by atoms with Crippen molar-refractivity contribution < 1.29 is 9.53 Å². The quantitative estimate of drug-likeness (QED) is 0.874. The first-order valence-corrected chi connectivity index (χ1v) is 7.42. The van der Waals surface area contributed by atoms with E-state index in [4.69, 9.17) is 33.7 Å². The second-order valence-corrected chi connectivity index (χ2v) is 5.95. The second kappa shape index (κ2) is 8.69. The fourth-order valence-corrected chi connectivity index (χ4v) is 2.80. The lowest BCUT2D eigenvalue weighted by atomic mass is 9.92. The second-order valence-electron chi connectivity index (χ2n) is 5.07. The third-order valence-corrected chi connectivity index (χ3v) is 3.78. The zero-order valence-corrected chi connectivity index (χ0v) is 13.8. The number of ether oxygens (including phenoxy) is 1. The molecule has 0 heterocycles. The van der Waals surface area contributed by atoms with Gasteiger partial charge < -0.3 is 15.8 Å². The monoisotopic (exact) mass is 352 g/mol. The highest BCUT2D eigenvalue weighted by Gasteiger charge is 2.20. The molecule has 1 aliphatic carbocycles. The highest BCUT2D eigenvalue weighted by molar-refractivity contribution is 6.34. The van der Waals surface area contributed by atoms with Crippen LogP contribution >= 0.6 is 35.6 Å². The molecule has 2 rings (SSSR count). The van der Waals surface area contributed by atoms with E-state index in [2.05, 4.69) is 5.32 Å². The Bertz CT molecular complexity index is 457. The molecule has 0 aliphatic heterocycles. The molecule has 7 heteroatoms. The predicted molar refractivity (Wildman–Crippen MR) is 87.6 cm³/mol. The number of hydrogen-bond acceptors (Lipinski definition) is 3. The molecular weight excluding hydrogens is 335 g/mol. The molecule has 0 aromatic heterocycles. The molecule has 0 radical (unpaired) electrons. The molecule has 0 unspecified atom stereocenters. The Morgan fingerprint density at radius 1 is 1.19 bits per heavy atom. The van der Waals surface area contributed by atoms with Crippen LogP contribution in [0.15, 0.2) is 18.2 Å². The fourth-order valence-electron chi connectivity index (χ4n) is 2.29. The van der Waals surface area contributed by atoms with Crippen LogP contribution in [0.5, 0.6) is 5.75 Å². The molecule has 118 valence electrons. The molecule has 1 saturated carbocycles. The van der Waals surface area contributed by atoms with Crippen LogP contribution in [0.2, 0.25) is 10.0 Å². The normalized spacial score (nSPS) is 21.3. The summed E-state index contributed by atoms with van der Waals surface area (Å²) in [6.45, 7) is -0.0424. The minimum atomic E-state index is -0.137. The molecule has 1 aromatic carbocycles. The number of nitrogens with one attached hydrogen (secondary N) is 1. The van der Waals surface area contributed by atoms with Gasteiger partial charge in [-0.05, 0) is 43.9 Å². The van der Waals surface area contributed by atoms with Gasteiger partial charge in [-0.25, -0.2) is 0 Å². The van der Waals surface area contributed by atoms with Gasteiger partial charge in [-0.1, -0.05) is 23.2 Å². The van der Waals surface area contributed by atoms with Crippen LogP contribution in [0.3, 0.4) is 0 Å². The summed E-state index contributed by atoms with van der Waals surface area (Å²) < 4.78 is 5.39. The summed E-state index contributed by atoms with van der Waals surface area (Å²) in [4.78, 5) is 11.8. The smallest absolute Gasteiger partial charge is 0.258 e. The topological polar surface area (TPSA) is 64.3 Å². The Labute approximate surface area is 140 Å². The van der Waals surface area contributed by atoms with Gasteiger partial charge in [0.2, 0.25) is 0 Å². The third-order valence-electron chi connectivity index (χ3n) is 3.34. The van der Waals surface area contributed by atoms with E-state index in [-0.39, 0.29) is 37.0 Å². The molecule has 1 aromatic rings. The Hall–Kier alpha value is -0.680. The zero-order valence-electron chi connectivity index (χ0n) is 11.5. The van der Waals surface area contributed by atoms with E-state index in [9.17, 15) is 4.79 Å². The molecule has 1 fully saturated rings. The number of rotatable bonds is 4. The first kappa shape index (κ1) is 18.4. The van der Waals surface area contributed by atoms with E-state index in [1.807, 2.05) is 0 Å². The van der Waals surface area contributed by atoms with Crippen molar-refractivity contribution in [3.05, 3.63) is 28.2 Å². The molecule has 4 nitrogen and oxygen atoms in total. The number of carbonyl (C=O) groups excluding carboxylic acids is 1. The lowest BCUT2D eigenvalue weighted by Crippen LogP contribution is -2.42. The summed E-state index contributed by atoms with van der Waals surface area (Å²) >= 11 is 11.7. The van der Waals surface area contributed by atoms with E-state index in [0.29, 0.717) is 15.8 Å². The highest BCUT2D eigenvalue weighted by atomic mass is 35.5. The van der Waals surface area contributed by atoms with E-state index in [0.717, 1.165) is 25.7 Å². The summed E-state index contributed by atoms with van der Waals surface area (Å²) in [7, 11) is 0. The summed E-state index contributed by atoms with van der Waals surface area (Å²) in [5.41, 5.74) is 5.83. The maximum Gasteiger partial charge on any atom is 0.258 e. The lowest BCUT2D eigenvalue weighted by Gasteiger charge is -2.26. The number of amides is 1. The molecule has 0 spiro atoms. The van der Waals surface area contributed by atoms with Gasteiger partial charge in [0.1, 0.15) is 5.75 Å². The fraction of sp³-hybridized carbons (Fsp3) is 0.500. The first-order chi connectivity index (χ1) is 9.52. The van der Waals surface area contributed by atoms with Crippen LogP contribution in [-0.2, 0) is 4.79 Å². The number of carbonyl (C=O) groups is 1. The van der Waals surface area contributed by atoms with Gasteiger partial charge in [-0.3, -0.25) is 4.79 Å². The largest absolute Gasteiger partial charge is 0.484 e. The van der Waals surface area contributed by atoms with Gasteiger partial charge in [-0.2, -0.15) is 0 Å². The summed E-state index contributed by atoms with van der Waals surface area (Å²) in [5.74, 6) is 0.352. The molecule has 3 N–H and O–H groups in total. The van der Waals surface area contributed by atoms with E-state index < -0.39 is 0 Å². The average molecular weight is 354 g/mol. The highest BCUT2D eigenvalue weighted by Crippen LogP contribution is 2.24. The predicted octanol–water partition coefficient (Wildman–Crippen LogP) is 3.18. The van der Waals surface area contributed by atoms with Crippen LogP contribution in [0.4, 0.5) is 0 Å². The number of hydrogen-bond donors (Lipinski definition) is 2. The summed E-state index contributed by atoms with van der Waals surface area (Å²) in [6.07, 6.45) is 3.76. The molecular formula is C14H19Cl3N2O2. The van der Waals surface area contributed by atoms with Crippen LogP contribution < -0.4 is 15.8 Å². The maximum atomic E-state index is 11.8. The lowest BCUT2D eigenvalue weighted by molar-refractivity contribution is -0.124. The van der Waals surface area contributed by atoms with Crippen molar-refractivity contribution in [2.45, 2.75) is 37.8 Å². The van der Waals surface area contributed by atoms with E-state index in [1.165, 1.54) is 0 Å². The molecule has 0 atom stereocenters. The van der Waals surface area contributed by atoms with Crippen molar-refractivity contribution >= 4 is 41.5 Å². The molecule has 21 heavy (non-hydrogen) atoms. The Balaban J connectivity index is 0.00000220. The maximum absolute atomic E-state index is 11.8. The Kier molecular flexibility index (Phi) is 7.60. The van der Waals surface area contributed by atoms with Crippen molar-refractivity contribution in [1.82, 2.24) is 5.32 Å².